The molecule has 0 aliphatic heterocycles. The largest absolute Gasteiger partial charge is 0.495 e. The number of carbonyl (C=O) groups excluding carboxylic acids is 2. The van der Waals surface area contributed by atoms with E-state index in [0.29, 0.717) is 17.9 Å². The van der Waals surface area contributed by atoms with Crippen molar-refractivity contribution in [3.05, 3.63) is 59.4 Å². The van der Waals surface area contributed by atoms with Gasteiger partial charge in [-0.1, -0.05) is 18.2 Å². The van der Waals surface area contributed by atoms with Crippen molar-refractivity contribution in [2.45, 2.75) is 32.8 Å². The summed E-state index contributed by atoms with van der Waals surface area (Å²) in [6.45, 7) is 3.40. The van der Waals surface area contributed by atoms with Gasteiger partial charge in [0.15, 0.2) is 6.10 Å². The Hall–Kier alpha value is -2.89. The molecule has 0 radical (unpaired) electrons. The average Bonchev–Trinajstić information content (AvgIpc) is 2.61. The van der Waals surface area contributed by atoms with Crippen molar-refractivity contribution in [2.75, 3.05) is 12.4 Å². The first kappa shape index (κ1) is 19.4. The number of halogens is 1. The summed E-state index contributed by atoms with van der Waals surface area (Å²) in [5, 5.41) is 2.70. The first-order valence-electron chi connectivity index (χ1n) is 8.28. The second-order valence-electron chi connectivity index (χ2n) is 5.95. The summed E-state index contributed by atoms with van der Waals surface area (Å²) in [4.78, 5) is 24.2. The maximum absolute atomic E-state index is 12.9. The standard InChI is InChI=1S/C20H22FNO4/c1-13-4-10-18(25-3)17(12-13)22-20(24)14(2)26-19(23)11-7-15-5-8-16(21)9-6-15/h4-6,8-10,12,14H,7,11H2,1-3H3,(H,22,24). The molecule has 0 bridgehead atoms. The van der Waals surface area contributed by atoms with E-state index >= 15 is 0 Å². The van der Waals surface area contributed by atoms with Gasteiger partial charge in [-0.3, -0.25) is 9.59 Å². The van der Waals surface area contributed by atoms with Gasteiger partial charge in [0.1, 0.15) is 11.6 Å². The van der Waals surface area contributed by atoms with Crippen molar-refractivity contribution in [3.63, 3.8) is 0 Å². The third-order valence-electron chi connectivity index (χ3n) is 3.82. The minimum atomic E-state index is -0.944. The zero-order chi connectivity index (χ0) is 19.1. The molecule has 0 heterocycles. The molecule has 26 heavy (non-hydrogen) atoms. The number of anilines is 1. The number of nitrogens with one attached hydrogen (secondary N) is 1. The summed E-state index contributed by atoms with van der Waals surface area (Å²) in [6, 6.07) is 11.3. The molecule has 5 nitrogen and oxygen atoms in total. The molecule has 0 aliphatic carbocycles. The number of carbonyl (C=O) groups is 2. The highest BCUT2D eigenvalue weighted by molar-refractivity contribution is 5.96. The lowest BCUT2D eigenvalue weighted by atomic mass is 10.1. The number of hydrogen-bond donors (Lipinski definition) is 1. The molecule has 138 valence electrons. The van der Waals surface area contributed by atoms with Crippen LogP contribution < -0.4 is 10.1 Å². The molecule has 1 N–H and O–H groups in total. The van der Waals surface area contributed by atoms with Gasteiger partial charge in [0, 0.05) is 6.42 Å². The molecule has 2 aromatic carbocycles. The Morgan fingerprint density at radius 2 is 1.85 bits per heavy atom. The smallest absolute Gasteiger partial charge is 0.306 e. The van der Waals surface area contributed by atoms with Gasteiger partial charge in [-0.05, 0) is 55.7 Å². The second kappa shape index (κ2) is 8.99. The van der Waals surface area contributed by atoms with Crippen LogP contribution in [0.15, 0.2) is 42.5 Å². The molecule has 0 fully saturated rings. The maximum Gasteiger partial charge on any atom is 0.306 e. The van der Waals surface area contributed by atoms with Gasteiger partial charge >= 0.3 is 5.97 Å². The molecule has 0 saturated heterocycles. The number of aryl methyl sites for hydroxylation is 2. The first-order valence-corrected chi connectivity index (χ1v) is 8.28. The summed E-state index contributed by atoms with van der Waals surface area (Å²) in [7, 11) is 1.51. The predicted molar refractivity (Wildman–Crippen MR) is 96.6 cm³/mol. The number of hydrogen-bond acceptors (Lipinski definition) is 4. The van der Waals surface area contributed by atoms with Gasteiger partial charge in [-0.25, -0.2) is 4.39 Å². The van der Waals surface area contributed by atoms with Crippen LogP contribution in [0.1, 0.15) is 24.5 Å². The lowest BCUT2D eigenvalue weighted by Gasteiger charge is -2.15. The van der Waals surface area contributed by atoms with Crippen LogP contribution in [0.2, 0.25) is 0 Å². The highest BCUT2D eigenvalue weighted by Gasteiger charge is 2.19. The Labute approximate surface area is 152 Å². The van der Waals surface area contributed by atoms with Crippen LogP contribution in [-0.4, -0.2) is 25.1 Å². The minimum Gasteiger partial charge on any atom is -0.495 e. The minimum absolute atomic E-state index is 0.108. The highest BCUT2D eigenvalue weighted by atomic mass is 19.1. The quantitative estimate of drug-likeness (QED) is 0.767. The Morgan fingerprint density at radius 1 is 1.15 bits per heavy atom. The van der Waals surface area contributed by atoms with Crippen molar-refractivity contribution in [1.82, 2.24) is 0 Å². The van der Waals surface area contributed by atoms with Crippen LogP contribution in [-0.2, 0) is 20.7 Å². The fourth-order valence-corrected chi connectivity index (χ4v) is 2.36. The average molecular weight is 359 g/mol. The summed E-state index contributed by atoms with van der Waals surface area (Å²) < 4.78 is 23.2. The van der Waals surface area contributed by atoms with Crippen LogP contribution in [0.3, 0.4) is 0 Å². The maximum atomic E-state index is 12.9. The Morgan fingerprint density at radius 3 is 2.50 bits per heavy atom. The molecule has 0 saturated carbocycles. The fourth-order valence-electron chi connectivity index (χ4n) is 2.36. The van der Waals surface area contributed by atoms with E-state index in [1.165, 1.54) is 26.2 Å². The van der Waals surface area contributed by atoms with Gasteiger partial charge in [0.2, 0.25) is 0 Å². The lowest BCUT2D eigenvalue weighted by Crippen LogP contribution is -2.30. The number of methoxy groups -OCH3 is 1. The molecule has 0 aromatic heterocycles. The number of ether oxygens (including phenoxy) is 2. The van der Waals surface area contributed by atoms with Crippen molar-refractivity contribution < 1.29 is 23.5 Å². The van der Waals surface area contributed by atoms with Crippen LogP contribution >= 0.6 is 0 Å². The fraction of sp³-hybridized carbons (Fsp3) is 0.300. The van der Waals surface area contributed by atoms with E-state index < -0.39 is 18.0 Å². The van der Waals surface area contributed by atoms with E-state index in [4.69, 9.17) is 9.47 Å². The number of benzene rings is 2. The Kier molecular flexibility index (Phi) is 6.72. The molecule has 0 aliphatic rings. The van der Waals surface area contributed by atoms with Gasteiger partial charge in [-0.2, -0.15) is 0 Å². The van der Waals surface area contributed by atoms with Crippen molar-refractivity contribution in [1.29, 1.82) is 0 Å². The zero-order valence-electron chi connectivity index (χ0n) is 15.0. The summed E-state index contributed by atoms with van der Waals surface area (Å²) in [6.07, 6.45) is -0.420. The van der Waals surface area contributed by atoms with Gasteiger partial charge in [0.05, 0.1) is 12.8 Å². The van der Waals surface area contributed by atoms with Gasteiger partial charge in [-0.15, -0.1) is 0 Å². The predicted octanol–water partition coefficient (Wildman–Crippen LogP) is 3.65. The van der Waals surface area contributed by atoms with E-state index in [0.717, 1.165) is 11.1 Å². The van der Waals surface area contributed by atoms with Crippen LogP contribution in [0.5, 0.6) is 5.75 Å². The van der Waals surface area contributed by atoms with E-state index in [1.54, 1.807) is 24.3 Å². The van der Waals surface area contributed by atoms with Crippen molar-refractivity contribution >= 4 is 17.6 Å². The third-order valence-corrected chi connectivity index (χ3v) is 3.82. The SMILES string of the molecule is COc1ccc(C)cc1NC(=O)C(C)OC(=O)CCc1ccc(F)cc1. The topological polar surface area (TPSA) is 64.6 Å². The van der Waals surface area contributed by atoms with E-state index in [9.17, 15) is 14.0 Å². The van der Waals surface area contributed by atoms with E-state index in [2.05, 4.69) is 5.32 Å². The number of rotatable bonds is 7. The summed E-state index contributed by atoms with van der Waals surface area (Å²) >= 11 is 0. The summed E-state index contributed by atoms with van der Waals surface area (Å²) in [5.74, 6) is -0.732. The van der Waals surface area contributed by atoms with Crippen molar-refractivity contribution in [2.24, 2.45) is 0 Å². The Bertz CT molecular complexity index is 774. The van der Waals surface area contributed by atoms with Crippen molar-refractivity contribution in [3.8, 4) is 5.75 Å². The second-order valence-corrected chi connectivity index (χ2v) is 5.95. The zero-order valence-corrected chi connectivity index (χ0v) is 15.0. The molecule has 2 aromatic rings. The number of amides is 1. The highest BCUT2D eigenvalue weighted by Crippen LogP contribution is 2.25. The molecule has 1 amide bonds. The third kappa shape index (κ3) is 5.58. The lowest BCUT2D eigenvalue weighted by molar-refractivity contribution is -0.153. The molecule has 6 heteroatoms. The molecule has 2 rings (SSSR count). The van der Waals surface area contributed by atoms with E-state index in [-0.39, 0.29) is 12.2 Å². The Balaban J connectivity index is 1.87. The molecular formula is C20H22FNO4. The molecule has 1 unspecified atom stereocenters. The number of esters is 1. The van der Waals surface area contributed by atoms with Gasteiger partial charge in [0.25, 0.3) is 5.91 Å². The monoisotopic (exact) mass is 359 g/mol. The molecule has 1 atom stereocenters. The van der Waals surface area contributed by atoms with E-state index in [1.807, 2.05) is 13.0 Å². The summed E-state index contributed by atoms with van der Waals surface area (Å²) in [5.41, 5.74) is 2.31. The molecular weight excluding hydrogens is 337 g/mol. The van der Waals surface area contributed by atoms with Crippen LogP contribution in [0, 0.1) is 12.7 Å². The normalized spacial score (nSPS) is 11.5. The van der Waals surface area contributed by atoms with Gasteiger partial charge < -0.3 is 14.8 Å². The molecule has 0 spiro atoms. The van der Waals surface area contributed by atoms with Crippen LogP contribution in [0.4, 0.5) is 10.1 Å². The first-order chi connectivity index (χ1) is 12.4. The van der Waals surface area contributed by atoms with Crippen LogP contribution in [0.25, 0.3) is 0 Å².